The Morgan fingerprint density at radius 2 is 2.08 bits per heavy atom. The maximum atomic E-state index is 11.1. The molecule has 1 fully saturated rings. The molecule has 70 valence electrons. The van der Waals surface area contributed by atoms with Gasteiger partial charge in [-0.15, -0.1) is 0 Å². The van der Waals surface area contributed by atoms with E-state index in [1.807, 2.05) is 6.92 Å². The Hall–Kier alpha value is -0.530. The molecule has 1 saturated carbocycles. The van der Waals surface area contributed by atoms with Crippen molar-refractivity contribution in [2.24, 2.45) is 5.92 Å². The SMILES string of the molecule is CCCC(=O)NCC1CCCC1. The molecule has 1 amide bonds. The molecule has 2 heteroatoms. The van der Waals surface area contributed by atoms with Crippen LogP contribution in [0.1, 0.15) is 45.4 Å². The van der Waals surface area contributed by atoms with Crippen molar-refractivity contribution in [3.8, 4) is 0 Å². The second-order valence-electron chi connectivity index (χ2n) is 3.70. The highest BCUT2D eigenvalue weighted by molar-refractivity contribution is 5.75. The highest BCUT2D eigenvalue weighted by Gasteiger charge is 2.14. The Bertz CT molecular complexity index is 139. The van der Waals surface area contributed by atoms with Crippen LogP contribution >= 0.6 is 0 Å². The number of carbonyl (C=O) groups is 1. The summed E-state index contributed by atoms with van der Waals surface area (Å²) in [6.45, 7) is 2.95. The van der Waals surface area contributed by atoms with Crippen LogP contribution in [0.15, 0.2) is 0 Å². The summed E-state index contributed by atoms with van der Waals surface area (Å²) in [7, 11) is 0. The molecule has 0 aromatic rings. The van der Waals surface area contributed by atoms with Gasteiger partial charge < -0.3 is 5.32 Å². The number of amides is 1. The highest BCUT2D eigenvalue weighted by Crippen LogP contribution is 2.23. The molecule has 2 nitrogen and oxygen atoms in total. The number of carbonyl (C=O) groups excluding carboxylic acids is 1. The predicted octanol–water partition coefficient (Wildman–Crippen LogP) is 2.09. The molecule has 0 saturated heterocycles. The fraction of sp³-hybridized carbons (Fsp3) is 0.900. The minimum Gasteiger partial charge on any atom is -0.356 e. The van der Waals surface area contributed by atoms with Crippen molar-refractivity contribution in [2.45, 2.75) is 45.4 Å². The molecule has 0 heterocycles. The van der Waals surface area contributed by atoms with Gasteiger partial charge in [0.15, 0.2) is 0 Å². The average molecular weight is 169 g/mol. The minimum absolute atomic E-state index is 0.226. The van der Waals surface area contributed by atoms with Crippen LogP contribution in [0.3, 0.4) is 0 Å². The first kappa shape index (κ1) is 9.56. The summed E-state index contributed by atoms with van der Waals surface area (Å²) in [5.41, 5.74) is 0. The molecule has 0 aromatic heterocycles. The Kier molecular flexibility index (Phi) is 4.12. The van der Waals surface area contributed by atoms with Gasteiger partial charge in [-0.3, -0.25) is 4.79 Å². The van der Waals surface area contributed by atoms with Gasteiger partial charge in [0.25, 0.3) is 0 Å². The van der Waals surface area contributed by atoms with Gasteiger partial charge in [-0.25, -0.2) is 0 Å². The monoisotopic (exact) mass is 169 g/mol. The summed E-state index contributed by atoms with van der Waals surface area (Å²) in [5.74, 6) is 0.996. The van der Waals surface area contributed by atoms with E-state index in [9.17, 15) is 4.79 Å². The fourth-order valence-corrected chi connectivity index (χ4v) is 1.79. The molecular formula is C10H19NO. The summed E-state index contributed by atoms with van der Waals surface area (Å²) in [5, 5.41) is 2.99. The lowest BCUT2D eigenvalue weighted by Crippen LogP contribution is -2.27. The van der Waals surface area contributed by atoms with Crippen molar-refractivity contribution in [3.63, 3.8) is 0 Å². The van der Waals surface area contributed by atoms with E-state index < -0.39 is 0 Å². The molecule has 1 aliphatic rings. The number of hydrogen-bond donors (Lipinski definition) is 1. The summed E-state index contributed by atoms with van der Waals surface area (Å²) in [6, 6.07) is 0. The van der Waals surface area contributed by atoms with E-state index in [0.29, 0.717) is 6.42 Å². The largest absolute Gasteiger partial charge is 0.356 e. The van der Waals surface area contributed by atoms with Gasteiger partial charge in [0, 0.05) is 13.0 Å². The second kappa shape index (κ2) is 5.18. The zero-order valence-corrected chi connectivity index (χ0v) is 7.94. The quantitative estimate of drug-likeness (QED) is 0.686. The number of hydrogen-bond acceptors (Lipinski definition) is 1. The van der Waals surface area contributed by atoms with Gasteiger partial charge in [0.2, 0.25) is 5.91 Å². The zero-order valence-electron chi connectivity index (χ0n) is 7.94. The first-order valence-electron chi connectivity index (χ1n) is 5.09. The van der Waals surface area contributed by atoms with Crippen LogP contribution in [0.2, 0.25) is 0 Å². The Morgan fingerprint density at radius 1 is 1.42 bits per heavy atom. The van der Waals surface area contributed by atoms with Crippen molar-refractivity contribution in [3.05, 3.63) is 0 Å². The van der Waals surface area contributed by atoms with Gasteiger partial charge in [-0.1, -0.05) is 19.8 Å². The molecule has 1 aliphatic carbocycles. The van der Waals surface area contributed by atoms with Gasteiger partial charge in [-0.05, 0) is 25.2 Å². The van der Waals surface area contributed by atoms with Crippen molar-refractivity contribution < 1.29 is 4.79 Å². The molecule has 0 atom stereocenters. The second-order valence-corrected chi connectivity index (χ2v) is 3.70. The molecule has 1 N–H and O–H groups in total. The van der Waals surface area contributed by atoms with Crippen molar-refractivity contribution in [1.29, 1.82) is 0 Å². The van der Waals surface area contributed by atoms with Gasteiger partial charge in [0.05, 0.1) is 0 Å². The minimum atomic E-state index is 0.226. The molecule has 0 bridgehead atoms. The average Bonchev–Trinajstić information content (AvgIpc) is 2.53. The van der Waals surface area contributed by atoms with E-state index in [2.05, 4.69) is 5.32 Å². The molecule has 0 spiro atoms. The van der Waals surface area contributed by atoms with E-state index >= 15 is 0 Å². The smallest absolute Gasteiger partial charge is 0.219 e. The molecular weight excluding hydrogens is 150 g/mol. The molecule has 0 unspecified atom stereocenters. The Balaban J connectivity index is 2.03. The summed E-state index contributed by atoms with van der Waals surface area (Å²) < 4.78 is 0. The summed E-state index contributed by atoms with van der Waals surface area (Å²) in [4.78, 5) is 11.1. The van der Waals surface area contributed by atoms with Gasteiger partial charge in [0.1, 0.15) is 0 Å². The van der Waals surface area contributed by atoms with Crippen molar-refractivity contribution >= 4 is 5.91 Å². The maximum absolute atomic E-state index is 11.1. The van der Waals surface area contributed by atoms with Crippen LogP contribution in [0.25, 0.3) is 0 Å². The predicted molar refractivity (Wildman–Crippen MR) is 49.9 cm³/mol. The number of nitrogens with one attached hydrogen (secondary N) is 1. The molecule has 0 aliphatic heterocycles. The van der Waals surface area contributed by atoms with Crippen LogP contribution in [0.4, 0.5) is 0 Å². The molecule has 0 aromatic carbocycles. The van der Waals surface area contributed by atoms with Crippen LogP contribution < -0.4 is 5.32 Å². The summed E-state index contributed by atoms with van der Waals surface area (Å²) >= 11 is 0. The third kappa shape index (κ3) is 3.24. The van der Waals surface area contributed by atoms with Crippen LogP contribution in [0.5, 0.6) is 0 Å². The first-order chi connectivity index (χ1) is 5.83. The van der Waals surface area contributed by atoms with Crippen LogP contribution in [-0.4, -0.2) is 12.5 Å². The van der Waals surface area contributed by atoms with Gasteiger partial charge >= 0.3 is 0 Å². The van der Waals surface area contributed by atoms with Gasteiger partial charge in [-0.2, -0.15) is 0 Å². The maximum Gasteiger partial charge on any atom is 0.219 e. The number of rotatable bonds is 4. The molecule has 0 radical (unpaired) electrons. The zero-order chi connectivity index (χ0) is 8.81. The van der Waals surface area contributed by atoms with Crippen molar-refractivity contribution in [1.82, 2.24) is 5.32 Å². The Labute approximate surface area is 74.7 Å². The topological polar surface area (TPSA) is 29.1 Å². The normalized spacial score (nSPS) is 18.1. The lowest BCUT2D eigenvalue weighted by atomic mass is 10.1. The highest BCUT2D eigenvalue weighted by atomic mass is 16.1. The van der Waals surface area contributed by atoms with E-state index in [1.165, 1.54) is 25.7 Å². The molecule has 1 rings (SSSR count). The Morgan fingerprint density at radius 3 is 2.67 bits per heavy atom. The van der Waals surface area contributed by atoms with E-state index in [0.717, 1.165) is 18.9 Å². The third-order valence-electron chi connectivity index (χ3n) is 2.54. The summed E-state index contributed by atoms with van der Waals surface area (Å²) in [6.07, 6.45) is 6.98. The van der Waals surface area contributed by atoms with E-state index in [-0.39, 0.29) is 5.91 Å². The van der Waals surface area contributed by atoms with E-state index in [4.69, 9.17) is 0 Å². The molecule has 12 heavy (non-hydrogen) atoms. The standard InChI is InChI=1S/C10H19NO/c1-2-5-10(12)11-8-9-6-3-4-7-9/h9H,2-8H2,1H3,(H,11,12). The lowest BCUT2D eigenvalue weighted by Gasteiger charge is -2.09. The first-order valence-corrected chi connectivity index (χ1v) is 5.09. The van der Waals surface area contributed by atoms with Crippen molar-refractivity contribution in [2.75, 3.05) is 6.54 Å². The van der Waals surface area contributed by atoms with Crippen LogP contribution in [-0.2, 0) is 4.79 Å². The van der Waals surface area contributed by atoms with Crippen LogP contribution in [0, 0.1) is 5.92 Å². The third-order valence-corrected chi connectivity index (χ3v) is 2.54. The fourth-order valence-electron chi connectivity index (χ4n) is 1.79. The lowest BCUT2D eigenvalue weighted by molar-refractivity contribution is -0.121. The van der Waals surface area contributed by atoms with E-state index in [1.54, 1.807) is 0 Å².